The van der Waals surface area contributed by atoms with Crippen LogP contribution in [0.4, 0.5) is 5.69 Å². The lowest BCUT2D eigenvalue weighted by molar-refractivity contribution is 0.280. The Labute approximate surface area is 106 Å². The van der Waals surface area contributed by atoms with Gasteiger partial charge in [-0.3, -0.25) is 0 Å². The fraction of sp³-hybridized carbons (Fsp3) is 0.600. The van der Waals surface area contributed by atoms with Crippen LogP contribution in [0.3, 0.4) is 0 Å². The van der Waals surface area contributed by atoms with Gasteiger partial charge < -0.3 is 10.6 Å². The van der Waals surface area contributed by atoms with E-state index in [9.17, 15) is 0 Å². The smallest absolute Gasteiger partial charge is 0.0393 e. The van der Waals surface area contributed by atoms with Crippen LogP contribution in [0.5, 0.6) is 0 Å². The molecule has 0 amide bonds. The maximum atomic E-state index is 5.97. The van der Waals surface area contributed by atoms with Crippen molar-refractivity contribution < 1.29 is 0 Å². The zero-order valence-electron chi connectivity index (χ0n) is 11.7. The number of rotatable bonds is 6. The van der Waals surface area contributed by atoms with Crippen LogP contribution in [-0.4, -0.2) is 20.1 Å². The number of nitrogens with zero attached hydrogens (tertiary/aromatic N) is 1. The molecule has 0 radical (unpaired) electrons. The summed E-state index contributed by atoms with van der Waals surface area (Å²) in [5.41, 5.74) is 8.85. The Morgan fingerprint density at radius 3 is 2.24 bits per heavy atom. The Bertz CT molecular complexity index is 334. The van der Waals surface area contributed by atoms with Gasteiger partial charge in [0.05, 0.1) is 0 Å². The lowest BCUT2D eigenvalue weighted by Gasteiger charge is -2.36. The van der Waals surface area contributed by atoms with E-state index in [1.165, 1.54) is 11.3 Å². The summed E-state index contributed by atoms with van der Waals surface area (Å²) in [4.78, 5) is 2.34. The van der Waals surface area contributed by atoms with Gasteiger partial charge >= 0.3 is 0 Å². The summed E-state index contributed by atoms with van der Waals surface area (Å²) in [5.74, 6) is 0. The van der Waals surface area contributed by atoms with Gasteiger partial charge in [-0.25, -0.2) is 0 Å². The van der Waals surface area contributed by atoms with Gasteiger partial charge in [0, 0.05) is 19.3 Å². The number of hydrogen-bond acceptors (Lipinski definition) is 2. The van der Waals surface area contributed by atoms with Crippen molar-refractivity contribution in [3.05, 3.63) is 29.8 Å². The molecular weight excluding hydrogens is 208 g/mol. The molecule has 0 saturated carbocycles. The standard InChI is InChI=1S/C15H26N2/c1-5-15(6-2,11-16)12-17(4)14-10-8-7-9-13(14)3/h7-10H,5-6,11-12,16H2,1-4H3. The van der Waals surface area contributed by atoms with E-state index in [4.69, 9.17) is 5.73 Å². The number of benzene rings is 1. The maximum absolute atomic E-state index is 5.97. The third kappa shape index (κ3) is 3.22. The summed E-state index contributed by atoms with van der Waals surface area (Å²) in [5, 5.41) is 0. The summed E-state index contributed by atoms with van der Waals surface area (Å²) in [6.07, 6.45) is 2.27. The van der Waals surface area contributed by atoms with E-state index in [1.54, 1.807) is 0 Å². The van der Waals surface area contributed by atoms with E-state index < -0.39 is 0 Å². The number of aryl methyl sites for hydroxylation is 1. The fourth-order valence-electron chi connectivity index (χ4n) is 2.41. The molecule has 17 heavy (non-hydrogen) atoms. The van der Waals surface area contributed by atoms with Crippen molar-refractivity contribution in [2.24, 2.45) is 11.1 Å². The molecule has 0 saturated heterocycles. The summed E-state index contributed by atoms with van der Waals surface area (Å²) in [6.45, 7) is 8.43. The van der Waals surface area contributed by atoms with Crippen LogP contribution in [0.25, 0.3) is 0 Å². The molecule has 0 bridgehead atoms. The van der Waals surface area contributed by atoms with Crippen molar-refractivity contribution in [1.82, 2.24) is 0 Å². The van der Waals surface area contributed by atoms with Crippen molar-refractivity contribution in [2.45, 2.75) is 33.6 Å². The molecule has 0 atom stereocenters. The largest absolute Gasteiger partial charge is 0.374 e. The first-order valence-corrected chi connectivity index (χ1v) is 6.55. The first kappa shape index (κ1) is 14.0. The van der Waals surface area contributed by atoms with Crippen molar-refractivity contribution in [3.63, 3.8) is 0 Å². The Morgan fingerprint density at radius 1 is 1.18 bits per heavy atom. The van der Waals surface area contributed by atoms with E-state index in [1.807, 2.05) is 0 Å². The zero-order chi connectivity index (χ0) is 12.9. The summed E-state index contributed by atoms with van der Waals surface area (Å²) < 4.78 is 0. The SMILES string of the molecule is CCC(CC)(CN)CN(C)c1ccccc1C. The van der Waals surface area contributed by atoms with Crippen LogP contribution < -0.4 is 10.6 Å². The molecule has 0 aliphatic carbocycles. The summed E-state index contributed by atoms with van der Waals surface area (Å²) >= 11 is 0. The number of nitrogens with two attached hydrogens (primary N) is 1. The highest BCUT2D eigenvalue weighted by atomic mass is 15.1. The molecule has 0 spiro atoms. The van der Waals surface area contributed by atoms with Crippen molar-refractivity contribution >= 4 is 5.69 Å². The van der Waals surface area contributed by atoms with Crippen molar-refractivity contribution in [3.8, 4) is 0 Å². The van der Waals surface area contributed by atoms with Crippen LogP contribution in [0, 0.1) is 12.3 Å². The minimum Gasteiger partial charge on any atom is -0.374 e. The lowest BCUT2D eigenvalue weighted by Crippen LogP contribution is -2.40. The van der Waals surface area contributed by atoms with Gasteiger partial charge in [0.15, 0.2) is 0 Å². The molecule has 0 aromatic heterocycles. The highest BCUT2D eigenvalue weighted by Crippen LogP contribution is 2.29. The highest BCUT2D eigenvalue weighted by molar-refractivity contribution is 5.52. The second-order valence-electron chi connectivity index (χ2n) is 5.05. The molecule has 2 N–H and O–H groups in total. The normalized spacial score (nSPS) is 11.6. The predicted molar refractivity (Wildman–Crippen MR) is 76.5 cm³/mol. The minimum atomic E-state index is 0.247. The van der Waals surface area contributed by atoms with E-state index in [-0.39, 0.29) is 5.41 Å². The van der Waals surface area contributed by atoms with Gasteiger partial charge in [0.1, 0.15) is 0 Å². The predicted octanol–water partition coefficient (Wildman–Crippen LogP) is 3.20. The van der Waals surface area contributed by atoms with Crippen molar-refractivity contribution in [2.75, 3.05) is 25.0 Å². The molecule has 0 heterocycles. The van der Waals surface area contributed by atoms with Crippen molar-refractivity contribution in [1.29, 1.82) is 0 Å². The molecule has 0 unspecified atom stereocenters. The molecule has 2 heteroatoms. The Morgan fingerprint density at radius 2 is 1.76 bits per heavy atom. The van der Waals surface area contributed by atoms with Crippen LogP contribution in [0.15, 0.2) is 24.3 Å². The first-order valence-electron chi connectivity index (χ1n) is 6.55. The lowest BCUT2D eigenvalue weighted by atomic mass is 9.82. The van der Waals surface area contributed by atoms with Crippen LogP contribution in [0.1, 0.15) is 32.3 Å². The van der Waals surface area contributed by atoms with Gasteiger partial charge in [-0.2, -0.15) is 0 Å². The van der Waals surface area contributed by atoms with E-state index in [0.717, 1.165) is 25.9 Å². The first-order chi connectivity index (χ1) is 8.08. The highest BCUT2D eigenvalue weighted by Gasteiger charge is 2.26. The number of hydrogen-bond donors (Lipinski definition) is 1. The molecule has 1 aromatic carbocycles. The molecule has 2 nitrogen and oxygen atoms in total. The Balaban J connectivity index is 2.84. The quantitative estimate of drug-likeness (QED) is 0.819. The second-order valence-corrected chi connectivity index (χ2v) is 5.05. The van der Waals surface area contributed by atoms with Gasteiger partial charge in [-0.15, -0.1) is 0 Å². The van der Waals surface area contributed by atoms with Gasteiger partial charge in [-0.05, 0) is 43.4 Å². The average molecular weight is 234 g/mol. The van der Waals surface area contributed by atoms with Gasteiger partial charge in [0.2, 0.25) is 0 Å². The maximum Gasteiger partial charge on any atom is 0.0393 e. The summed E-state index contributed by atoms with van der Waals surface area (Å²) in [6, 6.07) is 8.53. The number of para-hydroxylation sites is 1. The minimum absolute atomic E-state index is 0.247. The third-order valence-electron chi connectivity index (χ3n) is 4.03. The molecule has 0 fully saturated rings. The second kappa shape index (κ2) is 6.06. The van der Waals surface area contributed by atoms with Crippen LogP contribution >= 0.6 is 0 Å². The molecule has 96 valence electrons. The molecular formula is C15H26N2. The van der Waals surface area contributed by atoms with Gasteiger partial charge in [0.25, 0.3) is 0 Å². The Kier molecular flexibility index (Phi) is 5.01. The van der Waals surface area contributed by atoms with E-state index in [0.29, 0.717) is 0 Å². The third-order valence-corrected chi connectivity index (χ3v) is 4.03. The zero-order valence-corrected chi connectivity index (χ0v) is 11.7. The monoisotopic (exact) mass is 234 g/mol. The van der Waals surface area contributed by atoms with Gasteiger partial charge in [-0.1, -0.05) is 32.0 Å². The molecule has 0 aliphatic heterocycles. The molecule has 1 rings (SSSR count). The Hall–Kier alpha value is -1.02. The number of anilines is 1. The van der Waals surface area contributed by atoms with E-state index in [2.05, 4.69) is 57.0 Å². The fourth-order valence-corrected chi connectivity index (χ4v) is 2.41. The molecule has 1 aromatic rings. The molecule has 0 aliphatic rings. The average Bonchev–Trinajstić information content (AvgIpc) is 2.36. The van der Waals surface area contributed by atoms with Crippen LogP contribution in [0.2, 0.25) is 0 Å². The topological polar surface area (TPSA) is 29.3 Å². The van der Waals surface area contributed by atoms with Crippen LogP contribution in [-0.2, 0) is 0 Å². The summed E-state index contributed by atoms with van der Waals surface area (Å²) in [7, 11) is 2.16. The van der Waals surface area contributed by atoms with E-state index >= 15 is 0 Å².